The standard InChI is InChI=1S/C12H10N4O4/c1-15-7-11(13-8-15)12(17)20-14-6-9-2-4-10(5-3-9)16(18)19/h2-8H,1H3. The van der Waals surface area contributed by atoms with Crippen molar-refractivity contribution in [3.8, 4) is 0 Å². The number of non-ortho nitro benzene ring substituents is 1. The molecule has 0 unspecified atom stereocenters. The van der Waals surface area contributed by atoms with Gasteiger partial charge in [0.25, 0.3) is 5.69 Å². The van der Waals surface area contributed by atoms with Gasteiger partial charge in [0, 0.05) is 25.4 Å². The predicted octanol–water partition coefficient (Wildman–Crippen LogP) is 1.52. The number of oxime groups is 1. The van der Waals surface area contributed by atoms with E-state index < -0.39 is 10.9 Å². The molecule has 2 aromatic rings. The van der Waals surface area contributed by atoms with Crippen molar-refractivity contribution in [3.05, 3.63) is 58.2 Å². The first-order valence-corrected chi connectivity index (χ1v) is 5.53. The van der Waals surface area contributed by atoms with Crippen molar-refractivity contribution in [2.45, 2.75) is 0 Å². The van der Waals surface area contributed by atoms with E-state index in [1.165, 1.54) is 43.0 Å². The molecule has 1 aromatic heterocycles. The molecule has 0 saturated carbocycles. The van der Waals surface area contributed by atoms with E-state index in [1.807, 2.05) is 0 Å². The van der Waals surface area contributed by atoms with Crippen LogP contribution in [0.1, 0.15) is 16.1 Å². The fourth-order valence-corrected chi connectivity index (χ4v) is 1.38. The average Bonchev–Trinajstić information content (AvgIpc) is 2.86. The topological polar surface area (TPSA) is 99.6 Å². The van der Waals surface area contributed by atoms with E-state index in [-0.39, 0.29) is 11.4 Å². The highest BCUT2D eigenvalue weighted by atomic mass is 16.7. The quantitative estimate of drug-likeness (QED) is 0.364. The van der Waals surface area contributed by atoms with Crippen LogP contribution < -0.4 is 0 Å². The number of rotatable bonds is 4. The zero-order valence-electron chi connectivity index (χ0n) is 10.5. The normalized spacial score (nSPS) is 10.7. The van der Waals surface area contributed by atoms with Crippen LogP contribution in [0.25, 0.3) is 0 Å². The van der Waals surface area contributed by atoms with Crippen LogP contribution in [0, 0.1) is 10.1 Å². The van der Waals surface area contributed by atoms with E-state index in [1.54, 1.807) is 11.6 Å². The van der Waals surface area contributed by atoms with E-state index in [9.17, 15) is 14.9 Å². The maximum absolute atomic E-state index is 11.5. The minimum absolute atomic E-state index is 0.0207. The van der Waals surface area contributed by atoms with Crippen LogP contribution in [0.15, 0.2) is 41.9 Å². The van der Waals surface area contributed by atoms with E-state index in [4.69, 9.17) is 0 Å². The van der Waals surface area contributed by atoms with Gasteiger partial charge in [-0.05, 0) is 17.7 Å². The Morgan fingerprint density at radius 1 is 1.45 bits per heavy atom. The van der Waals surface area contributed by atoms with Crippen molar-refractivity contribution in [3.63, 3.8) is 0 Å². The van der Waals surface area contributed by atoms with Gasteiger partial charge in [-0.15, -0.1) is 0 Å². The van der Waals surface area contributed by atoms with Crippen molar-refractivity contribution < 1.29 is 14.6 Å². The van der Waals surface area contributed by atoms with Gasteiger partial charge >= 0.3 is 5.97 Å². The molecule has 0 bridgehead atoms. The lowest BCUT2D eigenvalue weighted by molar-refractivity contribution is -0.384. The number of carbonyl (C=O) groups excluding carboxylic acids is 1. The first kappa shape index (κ1) is 13.4. The minimum Gasteiger partial charge on any atom is -0.340 e. The zero-order chi connectivity index (χ0) is 14.5. The molecule has 0 N–H and O–H groups in total. The van der Waals surface area contributed by atoms with Crippen molar-refractivity contribution in [2.24, 2.45) is 12.2 Å². The molecule has 0 saturated heterocycles. The summed E-state index contributed by atoms with van der Waals surface area (Å²) < 4.78 is 1.61. The molecular formula is C12H10N4O4. The minimum atomic E-state index is -0.677. The Morgan fingerprint density at radius 2 is 2.15 bits per heavy atom. The molecule has 20 heavy (non-hydrogen) atoms. The Labute approximate surface area is 113 Å². The van der Waals surface area contributed by atoms with Gasteiger partial charge in [-0.2, -0.15) is 0 Å². The second kappa shape index (κ2) is 5.74. The van der Waals surface area contributed by atoms with Gasteiger partial charge in [-0.3, -0.25) is 10.1 Å². The molecule has 2 rings (SSSR count). The second-order valence-corrected chi connectivity index (χ2v) is 3.89. The number of nitro benzene ring substituents is 1. The largest absolute Gasteiger partial charge is 0.385 e. The summed E-state index contributed by atoms with van der Waals surface area (Å²) in [6.07, 6.45) is 4.25. The molecule has 0 aliphatic carbocycles. The summed E-state index contributed by atoms with van der Waals surface area (Å²) in [5.41, 5.74) is 0.699. The van der Waals surface area contributed by atoms with Crippen molar-refractivity contribution >= 4 is 17.9 Å². The van der Waals surface area contributed by atoms with Gasteiger partial charge in [0.1, 0.15) is 0 Å². The molecule has 0 spiro atoms. The molecule has 0 amide bonds. The third-order valence-corrected chi connectivity index (χ3v) is 2.36. The Balaban J connectivity index is 1.96. The molecule has 0 fully saturated rings. The SMILES string of the molecule is Cn1cnc(C(=O)ON=Cc2ccc([N+](=O)[O-])cc2)c1. The number of aromatic nitrogens is 2. The molecule has 0 aliphatic heterocycles. The highest BCUT2D eigenvalue weighted by Crippen LogP contribution is 2.10. The smallest absolute Gasteiger partial charge is 0.340 e. The summed E-state index contributed by atoms with van der Waals surface area (Å²) in [5.74, 6) is -0.677. The second-order valence-electron chi connectivity index (χ2n) is 3.89. The molecule has 8 nitrogen and oxygen atoms in total. The van der Waals surface area contributed by atoms with Gasteiger partial charge < -0.3 is 9.40 Å². The van der Waals surface area contributed by atoms with E-state index >= 15 is 0 Å². The molecule has 8 heteroatoms. The van der Waals surface area contributed by atoms with Crippen LogP contribution in [0.3, 0.4) is 0 Å². The number of imidazole rings is 1. The maximum Gasteiger partial charge on any atom is 0.385 e. The molecule has 1 heterocycles. The number of hydrogen-bond acceptors (Lipinski definition) is 6. The van der Waals surface area contributed by atoms with Gasteiger partial charge in [-0.1, -0.05) is 5.16 Å². The van der Waals surface area contributed by atoms with E-state index in [0.29, 0.717) is 5.56 Å². The van der Waals surface area contributed by atoms with Crippen molar-refractivity contribution in [1.82, 2.24) is 9.55 Å². The fourth-order valence-electron chi connectivity index (χ4n) is 1.38. The molecule has 0 atom stereocenters. The summed E-state index contributed by atoms with van der Waals surface area (Å²) in [6, 6.07) is 5.66. The maximum atomic E-state index is 11.5. The number of benzene rings is 1. The van der Waals surface area contributed by atoms with Crippen LogP contribution in [0.5, 0.6) is 0 Å². The Kier molecular flexibility index (Phi) is 3.85. The number of nitrogens with zero attached hydrogens (tertiary/aromatic N) is 4. The third kappa shape index (κ3) is 3.25. The Hall–Kier alpha value is -3.03. The number of carbonyl (C=O) groups is 1. The first-order valence-electron chi connectivity index (χ1n) is 5.53. The third-order valence-electron chi connectivity index (χ3n) is 2.36. The van der Waals surface area contributed by atoms with Crippen LogP contribution in [-0.2, 0) is 11.9 Å². The Bertz CT molecular complexity index is 660. The van der Waals surface area contributed by atoms with Crippen LogP contribution in [0.2, 0.25) is 0 Å². The highest BCUT2D eigenvalue weighted by molar-refractivity contribution is 5.87. The lowest BCUT2D eigenvalue weighted by atomic mass is 10.2. The summed E-state index contributed by atoms with van der Waals surface area (Å²) >= 11 is 0. The number of aryl methyl sites for hydroxylation is 1. The summed E-state index contributed by atoms with van der Waals surface area (Å²) in [5, 5.41) is 14.0. The van der Waals surface area contributed by atoms with E-state index in [2.05, 4.69) is 15.0 Å². The molecule has 0 radical (unpaired) electrons. The van der Waals surface area contributed by atoms with Crippen molar-refractivity contribution in [2.75, 3.05) is 0 Å². The van der Waals surface area contributed by atoms with Gasteiger partial charge in [0.2, 0.25) is 0 Å². The molecule has 102 valence electrons. The average molecular weight is 274 g/mol. The lowest BCUT2D eigenvalue weighted by Crippen LogP contribution is -2.01. The van der Waals surface area contributed by atoms with Gasteiger partial charge in [-0.25, -0.2) is 9.78 Å². The van der Waals surface area contributed by atoms with Gasteiger partial charge in [0.15, 0.2) is 5.69 Å². The number of hydrogen-bond donors (Lipinski definition) is 0. The van der Waals surface area contributed by atoms with Crippen LogP contribution in [-0.4, -0.2) is 26.7 Å². The Morgan fingerprint density at radius 3 is 2.70 bits per heavy atom. The highest BCUT2D eigenvalue weighted by Gasteiger charge is 2.09. The lowest BCUT2D eigenvalue weighted by Gasteiger charge is -1.94. The monoisotopic (exact) mass is 274 g/mol. The molecule has 0 aliphatic rings. The number of nitro groups is 1. The van der Waals surface area contributed by atoms with Crippen molar-refractivity contribution in [1.29, 1.82) is 0 Å². The zero-order valence-corrected chi connectivity index (χ0v) is 10.5. The molecular weight excluding hydrogens is 264 g/mol. The van der Waals surface area contributed by atoms with Crippen LogP contribution in [0.4, 0.5) is 5.69 Å². The van der Waals surface area contributed by atoms with E-state index in [0.717, 1.165) is 0 Å². The van der Waals surface area contributed by atoms with Gasteiger partial charge in [0.05, 0.1) is 17.5 Å². The fraction of sp³-hybridized carbons (Fsp3) is 0.0833. The summed E-state index contributed by atoms with van der Waals surface area (Å²) in [7, 11) is 1.73. The van der Waals surface area contributed by atoms with Crippen LogP contribution >= 0.6 is 0 Å². The summed E-state index contributed by atoms with van der Waals surface area (Å²) in [6.45, 7) is 0. The first-order chi connectivity index (χ1) is 9.56. The summed E-state index contributed by atoms with van der Waals surface area (Å²) in [4.78, 5) is 29.9. The molecule has 1 aromatic carbocycles. The predicted molar refractivity (Wildman–Crippen MR) is 69.3 cm³/mol.